The van der Waals surface area contributed by atoms with Crippen LogP contribution in [-0.2, 0) is 6.42 Å². The molecule has 0 bridgehead atoms. The Hall–Kier alpha value is -0.610. The van der Waals surface area contributed by atoms with Crippen molar-refractivity contribution in [1.82, 2.24) is 10.3 Å². The summed E-state index contributed by atoms with van der Waals surface area (Å²) in [4.78, 5) is 6.92. The van der Waals surface area contributed by atoms with E-state index in [2.05, 4.69) is 31.1 Å². The van der Waals surface area contributed by atoms with E-state index in [0.717, 1.165) is 26.1 Å². The first-order valence-corrected chi connectivity index (χ1v) is 6.65. The summed E-state index contributed by atoms with van der Waals surface area (Å²) >= 11 is 3.61. The van der Waals surface area contributed by atoms with Gasteiger partial charge in [-0.3, -0.25) is 0 Å². The highest BCUT2D eigenvalue weighted by Gasteiger charge is 2.19. The molecule has 0 aliphatic carbocycles. The van der Waals surface area contributed by atoms with Gasteiger partial charge in [0, 0.05) is 29.3 Å². The number of nitrogens with one attached hydrogen (secondary N) is 1. The van der Waals surface area contributed by atoms with Crippen LogP contribution in [0.1, 0.15) is 18.4 Å². The summed E-state index contributed by atoms with van der Waals surface area (Å²) in [5, 5.41) is 3.19. The van der Waals surface area contributed by atoms with Crippen molar-refractivity contribution in [2.75, 3.05) is 31.6 Å². The van der Waals surface area contributed by atoms with E-state index < -0.39 is 0 Å². The van der Waals surface area contributed by atoms with Gasteiger partial charge in [0.2, 0.25) is 0 Å². The topological polar surface area (TPSA) is 28.2 Å². The van der Waals surface area contributed by atoms with Crippen molar-refractivity contribution in [2.45, 2.75) is 19.3 Å². The predicted octanol–water partition coefficient (Wildman–Crippen LogP) is 2.21. The van der Waals surface area contributed by atoms with Crippen molar-refractivity contribution < 1.29 is 0 Å². The fourth-order valence-corrected chi connectivity index (χ4v) is 2.67. The second kappa shape index (κ2) is 5.64. The Labute approximate surface area is 105 Å². The number of halogens is 1. The van der Waals surface area contributed by atoms with Crippen LogP contribution in [0.2, 0.25) is 0 Å². The van der Waals surface area contributed by atoms with Gasteiger partial charge in [0.25, 0.3) is 0 Å². The maximum Gasteiger partial charge on any atom is 0.132 e. The van der Waals surface area contributed by atoms with Crippen LogP contribution in [0.4, 0.5) is 5.82 Å². The lowest BCUT2D eigenvalue weighted by Crippen LogP contribution is -2.32. The zero-order chi connectivity index (χ0) is 11.4. The molecular weight excluding hydrogens is 266 g/mol. The molecule has 1 aliphatic rings. The van der Waals surface area contributed by atoms with Crippen molar-refractivity contribution >= 4 is 21.7 Å². The molecule has 0 saturated carbocycles. The van der Waals surface area contributed by atoms with Crippen molar-refractivity contribution in [3.05, 3.63) is 22.3 Å². The summed E-state index contributed by atoms with van der Waals surface area (Å²) < 4.78 is 1.20. The zero-order valence-corrected chi connectivity index (χ0v) is 11.3. The largest absolute Gasteiger partial charge is 0.356 e. The van der Waals surface area contributed by atoms with Crippen LogP contribution >= 0.6 is 15.9 Å². The summed E-state index contributed by atoms with van der Waals surface area (Å²) in [6, 6.07) is 2.04. The molecule has 1 aliphatic heterocycles. The zero-order valence-electron chi connectivity index (χ0n) is 9.67. The van der Waals surface area contributed by atoms with E-state index in [1.807, 2.05) is 19.3 Å². The molecule has 0 amide bonds. The number of hydrogen-bond acceptors (Lipinski definition) is 3. The third-order valence-electron chi connectivity index (χ3n) is 2.99. The van der Waals surface area contributed by atoms with E-state index in [4.69, 9.17) is 0 Å². The molecule has 0 saturated heterocycles. The summed E-state index contributed by atoms with van der Waals surface area (Å²) in [5.74, 6) is 1.18. The molecule has 1 aromatic rings. The van der Waals surface area contributed by atoms with Crippen LogP contribution in [0.3, 0.4) is 0 Å². The summed E-state index contributed by atoms with van der Waals surface area (Å²) in [5.41, 5.74) is 1.37. The summed E-state index contributed by atoms with van der Waals surface area (Å²) in [6.07, 6.45) is 5.44. The molecule has 0 aromatic carbocycles. The van der Waals surface area contributed by atoms with Crippen LogP contribution < -0.4 is 10.2 Å². The molecule has 0 atom stereocenters. The molecule has 1 aromatic heterocycles. The van der Waals surface area contributed by atoms with E-state index in [1.54, 1.807) is 0 Å². The first kappa shape index (κ1) is 11.9. The number of fused-ring (bicyclic) bond motifs is 1. The van der Waals surface area contributed by atoms with Crippen molar-refractivity contribution in [1.29, 1.82) is 0 Å². The number of pyridine rings is 1. The van der Waals surface area contributed by atoms with Gasteiger partial charge < -0.3 is 10.2 Å². The van der Waals surface area contributed by atoms with Crippen molar-refractivity contribution in [3.63, 3.8) is 0 Å². The van der Waals surface area contributed by atoms with E-state index in [9.17, 15) is 0 Å². The fraction of sp³-hybridized carbons (Fsp3) is 0.583. The standard InChI is InChI=1S/C12H18BrN3/c1-14-6-3-9-16-8-2-4-10-11(13)5-7-15-12(10)16/h5,7,14H,2-4,6,8-9H2,1H3. The Bertz CT molecular complexity index is 354. The van der Waals surface area contributed by atoms with Gasteiger partial charge in [-0.1, -0.05) is 15.9 Å². The third kappa shape index (κ3) is 2.55. The van der Waals surface area contributed by atoms with Crippen LogP contribution in [0.5, 0.6) is 0 Å². The normalized spacial score (nSPS) is 15.0. The molecule has 3 nitrogen and oxygen atoms in total. The first-order valence-electron chi connectivity index (χ1n) is 5.86. The highest BCUT2D eigenvalue weighted by atomic mass is 79.9. The lowest BCUT2D eigenvalue weighted by Gasteiger charge is -2.30. The SMILES string of the molecule is CNCCCN1CCCc2c(Br)ccnc21. The predicted molar refractivity (Wildman–Crippen MR) is 71.0 cm³/mol. The smallest absolute Gasteiger partial charge is 0.132 e. The molecule has 1 N–H and O–H groups in total. The van der Waals surface area contributed by atoms with Gasteiger partial charge in [0.05, 0.1) is 0 Å². The fourth-order valence-electron chi connectivity index (χ4n) is 2.18. The van der Waals surface area contributed by atoms with Crippen LogP contribution in [0.25, 0.3) is 0 Å². The van der Waals surface area contributed by atoms with Crippen molar-refractivity contribution in [2.24, 2.45) is 0 Å². The third-order valence-corrected chi connectivity index (χ3v) is 3.73. The maximum absolute atomic E-state index is 4.52. The average molecular weight is 284 g/mol. The van der Waals surface area contributed by atoms with Gasteiger partial charge >= 0.3 is 0 Å². The van der Waals surface area contributed by atoms with Gasteiger partial charge in [-0.05, 0) is 38.9 Å². The highest BCUT2D eigenvalue weighted by molar-refractivity contribution is 9.10. The molecule has 0 fully saturated rings. The minimum atomic E-state index is 1.07. The quantitative estimate of drug-likeness (QED) is 0.859. The Balaban J connectivity index is 2.10. The average Bonchev–Trinajstić information content (AvgIpc) is 2.31. The molecule has 0 unspecified atom stereocenters. The molecule has 16 heavy (non-hydrogen) atoms. The van der Waals surface area contributed by atoms with Gasteiger partial charge in [-0.2, -0.15) is 0 Å². The number of anilines is 1. The molecule has 2 rings (SSSR count). The van der Waals surface area contributed by atoms with Crippen LogP contribution in [0.15, 0.2) is 16.7 Å². The van der Waals surface area contributed by atoms with Gasteiger partial charge in [0.1, 0.15) is 5.82 Å². The monoisotopic (exact) mass is 283 g/mol. The Morgan fingerprint density at radius 1 is 1.56 bits per heavy atom. The lowest BCUT2D eigenvalue weighted by atomic mass is 10.1. The molecule has 0 spiro atoms. The van der Waals surface area contributed by atoms with Crippen LogP contribution in [-0.4, -0.2) is 31.7 Å². The van der Waals surface area contributed by atoms with Gasteiger partial charge in [-0.25, -0.2) is 4.98 Å². The van der Waals surface area contributed by atoms with Gasteiger partial charge in [0.15, 0.2) is 0 Å². The number of rotatable bonds is 4. The Morgan fingerprint density at radius 2 is 2.44 bits per heavy atom. The minimum Gasteiger partial charge on any atom is -0.356 e. The molecule has 2 heterocycles. The van der Waals surface area contributed by atoms with Gasteiger partial charge in [-0.15, -0.1) is 0 Å². The van der Waals surface area contributed by atoms with E-state index in [1.165, 1.54) is 28.7 Å². The van der Waals surface area contributed by atoms with Crippen LogP contribution in [0, 0.1) is 0 Å². The summed E-state index contributed by atoms with van der Waals surface area (Å²) in [6.45, 7) is 3.30. The second-order valence-corrected chi connectivity index (χ2v) is 5.00. The van der Waals surface area contributed by atoms with E-state index >= 15 is 0 Å². The minimum absolute atomic E-state index is 1.07. The van der Waals surface area contributed by atoms with E-state index in [0.29, 0.717) is 0 Å². The molecular formula is C12H18BrN3. The van der Waals surface area contributed by atoms with E-state index in [-0.39, 0.29) is 0 Å². The summed E-state index contributed by atoms with van der Waals surface area (Å²) in [7, 11) is 2.00. The first-order chi connectivity index (χ1) is 7.83. The Kier molecular flexibility index (Phi) is 4.18. The number of aromatic nitrogens is 1. The Morgan fingerprint density at radius 3 is 3.25 bits per heavy atom. The maximum atomic E-state index is 4.52. The molecule has 88 valence electrons. The number of hydrogen-bond donors (Lipinski definition) is 1. The van der Waals surface area contributed by atoms with Crippen molar-refractivity contribution in [3.8, 4) is 0 Å². The second-order valence-electron chi connectivity index (χ2n) is 4.14. The molecule has 4 heteroatoms. The lowest BCUT2D eigenvalue weighted by molar-refractivity contribution is 0.635. The number of nitrogens with zero attached hydrogens (tertiary/aromatic N) is 2. The highest BCUT2D eigenvalue weighted by Crippen LogP contribution is 2.30. The molecule has 0 radical (unpaired) electrons.